The van der Waals surface area contributed by atoms with Crippen molar-refractivity contribution >= 4 is 27.2 Å². The molecule has 0 heterocycles. The fraction of sp³-hybridized carbons (Fsp3) is 0.500. The molecule has 0 aromatic heterocycles. The molecule has 106 valence electrons. The van der Waals surface area contributed by atoms with Crippen LogP contribution in [0.1, 0.15) is 38.1 Å². The van der Waals surface area contributed by atoms with Crippen molar-refractivity contribution in [2.24, 2.45) is 5.92 Å². The number of halogens is 1. The normalized spacial score (nSPS) is 15.3. The predicted molar refractivity (Wildman–Crippen MR) is 78.5 cm³/mol. The second-order valence-electron chi connectivity index (χ2n) is 5.05. The number of carbonyl (C=O) groups is 1. The molecular weight excluding hydrogens is 284 g/mol. The van der Waals surface area contributed by atoms with Crippen LogP contribution in [0.2, 0.25) is 5.02 Å². The van der Waals surface area contributed by atoms with Crippen LogP contribution >= 0.6 is 11.6 Å². The first kappa shape index (κ1) is 16.2. The third kappa shape index (κ3) is 3.57. The average molecular weight is 303 g/mol. The highest BCUT2D eigenvalue weighted by Crippen LogP contribution is 2.20. The summed E-state index contributed by atoms with van der Waals surface area (Å²) < 4.78 is 24.6. The Balaban J connectivity index is 3.03. The Morgan fingerprint density at radius 2 is 1.53 bits per heavy atom. The van der Waals surface area contributed by atoms with Gasteiger partial charge in [-0.3, -0.25) is 4.79 Å². The van der Waals surface area contributed by atoms with Gasteiger partial charge in [0.15, 0.2) is 15.6 Å². The minimum absolute atomic E-state index is 0.0227. The van der Waals surface area contributed by atoms with E-state index in [0.29, 0.717) is 10.6 Å². The summed E-state index contributed by atoms with van der Waals surface area (Å²) in [5.74, 6) is -0.408. The van der Waals surface area contributed by atoms with Gasteiger partial charge in [0.2, 0.25) is 0 Å². The molecule has 0 saturated heterocycles. The highest BCUT2D eigenvalue weighted by atomic mass is 35.5. The van der Waals surface area contributed by atoms with E-state index in [4.69, 9.17) is 11.6 Å². The minimum atomic E-state index is -3.48. The maximum absolute atomic E-state index is 12.3. The number of carbonyl (C=O) groups excluding carboxylic acids is 1. The third-order valence-electron chi connectivity index (χ3n) is 3.45. The minimum Gasteiger partial charge on any atom is -0.293 e. The van der Waals surface area contributed by atoms with Crippen molar-refractivity contribution in [1.82, 2.24) is 0 Å². The highest BCUT2D eigenvalue weighted by molar-refractivity contribution is 7.93. The lowest BCUT2D eigenvalue weighted by atomic mass is 10.1. The van der Waals surface area contributed by atoms with E-state index >= 15 is 0 Å². The third-order valence-corrected chi connectivity index (χ3v) is 6.48. The lowest BCUT2D eigenvalue weighted by Crippen LogP contribution is -2.36. The molecule has 0 amide bonds. The second kappa shape index (κ2) is 6.06. The van der Waals surface area contributed by atoms with Gasteiger partial charge in [-0.25, -0.2) is 8.42 Å². The van der Waals surface area contributed by atoms with Crippen LogP contribution in [0.15, 0.2) is 24.3 Å². The number of hydrogen-bond acceptors (Lipinski definition) is 3. The molecule has 5 heteroatoms. The molecule has 0 aliphatic carbocycles. The van der Waals surface area contributed by atoms with E-state index in [1.54, 1.807) is 31.2 Å². The summed E-state index contributed by atoms with van der Waals surface area (Å²) >= 11 is 5.75. The molecule has 1 aromatic carbocycles. The van der Waals surface area contributed by atoms with Crippen LogP contribution in [0.5, 0.6) is 0 Å². The van der Waals surface area contributed by atoms with Crippen LogP contribution in [0.25, 0.3) is 0 Å². The van der Waals surface area contributed by atoms with Crippen LogP contribution in [-0.2, 0) is 9.84 Å². The number of Topliss-reactive ketones (excluding diaryl/α,β-unsaturated/α-hetero) is 1. The van der Waals surface area contributed by atoms with Gasteiger partial charge in [0.1, 0.15) is 5.25 Å². The molecule has 0 spiro atoms. The number of ketones is 1. The first-order valence-corrected chi connectivity index (χ1v) is 8.19. The molecule has 0 saturated carbocycles. The molecule has 0 bridgehead atoms. The van der Waals surface area contributed by atoms with Crippen LogP contribution in [0.4, 0.5) is 0 Å². The van der Waals surface area contributed by atoms with E-state index in [9.17, 15) is 13.2 Å². The number of benzene rings is 1. The fourth-order valence-corrected chi connectivity index (χ4v) is 3.66. The molecule has 2 atom stereocenters. The largest absolute Gasteiger partial charge is 0.293 e. The van der Waals surface area contributed by atoms with E-state index in [0.717, 1.165) is 0 Å². The average Bonchev–Trinajstić information content (AvgIpc) is 2.36. The van der Waals surface area contributed by atoms with Gasteiger partial charge in [-0.1, -0.05) is 25.4 Å². The zero-order valence-electron chi connectivity index (χ0n) is 11.6. The van der Waals surface area contributed by atoms with E-state index in [-0.39, 0.29) is 11.7 Å². The van der Waals surface area contributed by atoms with Gasteiger partial charge in [-0.05, 0) is 44.0 Å². The predicted octanol–water partition coefficient (Wildman–Crippen LogP) is 3.37. The topological polar surface area (TPSA) is 51.2 Å². The van der Waals surface area contributed by atoms with Gasteiger partial charge in [0, 0.05) is 10.6 Å². The van der Waals surface area contributed by atoms with Gasteiger partial charge in [-0.2, -0.15) is 0 Å². The van der Waals surface area contributed by atoms with E-state index in [1.807, 2.05) is 13.8 Å². The summed E-state index contributed by atoms with van der Waals surface area (Å²) in [6, 6.07) is 6.27. The summed E-state index contributed by atoms with van der Waals surface area (Å²) in [7, 11) is -3.48. The monoisotopic (exact) mass is 302 g/mol. The number of sulfone groups is 1. The lowest BCUT2D eigenvalue weighted by molar-refractivity contribution is 0.0991. The number of hydrogen-bond donors (Lipinski definition) is 0. The Labute approximate surface area is 119 Å². The molecule has 0 radical (unpaired) electrons. The maximum Gasteiger partial charge on any atom is 0.180 e. The van der Waals surface area contributed by atoms with Crippen LogP contribution in [0, 0.1) is 5.92 Å². The van der Waals surface area contributed by atoms with Gasteiger partial charge in [0.05, 0.1) is 5.25 Å². The smallest absolute Gasteiger partial charge is 0.180 e. The Morgan fingerprint density at radius 3 is 1.95 bits per heavy atom. The van der Waals surface area contributed by atoms with Crippen LogP contribution in [-0.4, -0.2) is 24.7 Å². The Kier molecular flexibility index (Phi) is 5.16. The van der Waals surface area contributed by atoms with Crippen molar-refractivity contribution in [2.45, 2.75) is 38.2 Å². The van der Waals surface area contributed by atoms with Gasteiger partial charge in [0.25, 0.3) is 0 Å². The van der Waals surface area contributed by atoms with Gasteiger partial charge in [-0.15, -0.1) is 0 Å². The molecule has 0 aliphatic rings. The lowest BCUT2D eigenvalue weighted by Gasteiger charge is -2.20. The summed E-state index contributed by atoms with van der Waals surface area (Å²) in [6.45, 7) is 6.76. The Hall–Kier alpha value is -0.870. The molecule has 0 fully saturated rings. The van der Waals surface area contributed by atoms with Crippen LogP contribution < -0.4 is 0 Å². The highest BCUT2D eigenvalue weighted by Gasteiger charge is 2.34. The van der Waals surface area contributed by atoms with E-state index < -0.39 is 20.3 Å². The molecule has 0 N–H and O–H groups in total. The van der Waals surface area contributed by atoms with Crippen molar-refractivity contribution in [3.05, 3.63) is 34.9 Å². The van der Waals surface area contributed by atoms with Crippen molar-refractivity contribution in [3.8, 4) is 0 Å². The van der Waals surface area contributed by atoms with Crippen molar-refractivity contribution < 1.29 is 13.2 Å². The molecular formula is C14H19ClO3S. The van der Waals surface area contributed by atoms with Crippen molar-refractivity contribution in [1.29, 1.82) is 0 Å². The molecule has 19 heavy (non-hydrogen) atoms. The molecule has 3 nitrogen and oxygen atoms in total. The first-order chi connectivity index (χ1) is 8.67. The Morgan fingerprint density at radius 1 is 1.05 bits per heavy atom. The summed E-state index contributed by atoms with van der Waals surface area (Å²) in [5, 5.41) is -1.06. The standard InChI is InChI=1S/C14H19ClO3S/c1-9(2)10(3)19(17,18)11(4)14(16)12-5-7-13(15)8-6-12/h5-11H,1-4H3. The maximum atomic E-state index is 12.3. The first-order valence-electron chi connectivity index (χ1n) is 6.20. The second-order valence-corrected chi connectivity index (χ2v) is 8.12. The molecule has 0 aliphatic heterocycles. The van der Waals surface area contributed by atoms with E-state index in [1.165, 1.54) is 6.92 Å². The number of rotatable bonds is 5. The summed E-state index contributed by atoms with van der Waals surface area (Å²) in [5.41, 5.74) is 0.372. The van der Waals surface area contributed by atoms with E-state index in [2.05, 4.69) is 0 Å². The van der Waals surface area contributed by atoms with Crippen molar-refractivity contribution in [3.63, 3.8) is 0 Å². The molecule has 1 rings (SSSR count). The van der Waals surface area contributed by atoms with Crippen molar-refractivity contribution in [2.75, 3.05) is 0 Å². The summed E-state index contributed by atoms with van der Waals surface area (Å²) in [4.78, 5) is 12.2. The zero-order chi connectivity index (χ0) is 14.8. The fourth-order valence-electron chi connectivity index (χ4n) is 1.70. The zero-order valence-corrected chi connectivity index (χ0v) is 13.1. The van der Waals surface area contributed by atoms with Crippen LogP contribution in [0.3, 0.4) is 0 Å². The Bertz CT molecular complexity index is 547. The molecule has 1 aromatic rings. The quantitative estimate of drug-likeness (QED) is 0.784. The van der Waals surface area contributed by atoms with Gasteiger partial charge >= 0.3 is 0 Å². The SMILES string of the molecule is CC(C)C(C)S(=O)(=O)C(C)C(=O)c1ccc(Cl)cc1. The summed E-state index contributed by atoms with van der Waals surface area (Å²) in [6.07, 6.45) is 0. The molecule has 2 unspecified atom stereocenters. The van der Waals surface area contributed by atoms with Gasteiger partial charge < -0.3 is 0 Å².